The lowest BCUT2D eigenvalue weighted by Gasteiger charge is -2.34. The van der Waals surface area contributed by atoms with Gasteiger partial charge in [-0.2, -0.15) is 0 Å². The first-order valence-electron chi connectivity index (χ1n) is 7.98. The zero-order valence-corrected chi connectivity index (χ0v) is 15.5. The number of carbonyl (C=O) groups is 1. The van der Waals surface area contributed by atoms with Crippen molar-refractivity contribution in [3.05, 3.63) is 45.8 Å². The fourth-order valence-corrected chi connectivity index (χ4v) is 3.34. The second kappa shape index (κ2) is 7.36. The molecule has 1 aromatic carbocycles. The summed E-state index contributed by atoms with van der Waals surface area (Å²) in [6.07, 6.45) is 0. The Morgan fingerprint density at radius 2 is 2.00 bits per heavy atom. The number of halogens is 1. The summed E-state index contributed by atoms with van der Waals surface area (Å²) in [7, 11) is 0. The van der Waals surface area contributed by atoms with Crippen LogP contribution < -0.4 is 5.32 Å². The van der Waals surface area contributed by atoms with Crippen molar-refractivity contribution in [2.75, 3.05) is 31.5 Å². The fraction of sp³-hybridized carbons (Fsp3) is 0.412. The average molecular weight is 393 g/mol. The molecule has 6 nitrogen and oxygen atoms in total. The second-order valence-corrected chi connectivity index (χ2v) is 6.96. The minimum Gasteiger partial charge on any atom is -0.361 e. The van der Waals surface area contributed by atoms with Gasteiger partial charge in [-0.05, 0) is 47.5 Å². The van der Waals surface area contributed by atoms with Crippen molar-refractivity contribution < 1.29 is 9.32 Å². The van der Waals surface area contributed by atoms with Gasteiger partial charge in [0.05, 0.1) is 11.4 Å². The largest absolute Gasteiger partial charge is 0.361 e. The Balaban J connectivity index is 1.51. The van der Waals surface area contributed by atoms with E-state index in [0.29, 0.717) is 13.1 Å². The Kier molecular flexibility index (Phi) is 5.20. The van der Waals surface area contributed by atoms with Crippen LogP contribution >= 0.6 is 15.9 Å². The number of aryl methyl sites for hydroxylation is 2. The number of nitrogens with zero attached hydrogens (tertiary/aromatic N) is 3. The van der Waals surface area contributed by atoms with Gasteiger partial charge in [-0.3, -0.25) is 4.90 Å². The molecule has 0 spiro atoms. The smallest absolute Gasteiger partial charge is 0.321 e. The van der Waals surface area contributed by atoms with Crippen molar-refractivity contribution in [1.29, 1.82) is 0 Å². The number of anilines is 1. The van der Waals surface area contributed by atoms with Crippen molar-refractivity contribution in [1.82, 2.24) is 15.0 Å². The molecule has 128 valence electrons. The number of nitrogens with one attached hydrogen (secondary N) is 1. The van der Waals surface area contributed by atoms with Crippen LogP contribution in [0.5, 0.6) is 0 Å². The summed E-state index contributed by atoms with van der Waals surface area (Å²) in [5.41, 5.74) is 2.89. The maximum Gasteiger partial charge on any atom is 0.321 e. The topological polar surface area (TPSA) is 61.6 Å². The van der Waals surface area contributed by atoms with Gasteiger partial charge in [0.2, 0.25) is 0 Å². The van der Waals surface area contributed by atoms with Gasteiger partial charge >= 0.3 is 6.03 Å². The Morgan fingerprint density at radius 1 is 1.25 bits per heavy atom. The Bertz CT molecular complexity index is 723. The molecule has 0 radical (unpaired) electrons. The molecule has 2 amide bonds. The normalized spacial score (nSPS) is 15.5. The van der Waals surface area contributed by atoms with Crippen LogP contribution in [0.2, 0.25) is 0 Å². The quantitative estimate of drug-likeness (QED) is 0.869. The molecule has 3 rings (SSSR count). The number of hydrogen-bond donors (Lipinski definition) is 1. The summed E-state index contributed by atoms with van der Waals surface area (Å²) in [6, 6.07) is 7.79. The minimum absolute atomic E-state index is 0.0588. The molecule has 0 atom stereocenters. The van der Waals surface area contributed by atoms with Crippen LogP contribution in [0.15, 0.2) is 33.3 Å². The highest BCUT2D eigenvalue weighted by Crippen LogP contribution is 2.23. The van der Waals surface area contributed by atoms with Crippen LogP contribution in [0.4, 0.5) is 10.5 Å². The molecule has 0 unspecified atom stereocenters. The number of hydrogen-bond acceptors (Lipinski definition) is 4. The van der Waals surface area contributed by atoms with Gasteiger partial charge < -0.3 is 14.7 Å². The fourth-order valence-electron chi connectivity index (χ4n) is 2.75. The van der Waals surface area contributed by atoms with E-state index in [-0.39, 0.29) is 6.03 Å². The van der Waals surface area contributed by atoms with Crippen LogP contribution in [0.3, 0.4) is 0 Å². The standard InChI is InChI=1S/C17H21BrN4O2/c1-12-3-4-16(15(18)9-12)19-17(23)22-7-5-21(6-8-22)11-14-10-13(2)24-20-14/h3-4,9-10H,5-8,11H2,1-2H3,(H,19,23). The third-order valence-corrected chi connectivity index (χ3v) is 4.74. The summed E-state index contributed by atoms with van der Waals surface area (Å²) >= 11 is 3.49. The molecule has 1 N–H and O–H groups in total. The summed E-state index contributed by atoms with van der Waals surface area (Å²) < 4.78 is 5.99. The van der Waals surface area contributed by atoms with E-state index >= 15 is 0 Å². The first kappa shape index (κ1) is 17.0. The van der Waals surface area contributed by atoms with Gasteiger partial charge in [0.15, 0.2) is 0 Å². The molecule has 24 heavy (non-hydrogen) atoms. The molecule has 2 aromatic rings. The number of carbonyl (C=O) groups excluding carboxylic acids is 1. The number of urea groups is 1. The Hall–Kier alpha value is -1.86. The molecule has 0 bridgehead atoms. The van der Waals surface area contributed by atoms with Gasteiger partial charge in [-0.1, -0.05) is 11.2 Å². The number of piperazine rings is 1. The van der Waals surface area contributed by atoms with E-state index in [1.165, 1.54) is 0 Å². The average Bonchev–Trinajstić information content (AvgIpc) is 2.96. The second-order valence-electron chi connectivity index (χ2n) is 6.11. The van der Waals surface area contributed by atoms with E-state index in [2.05, 4.69) is 31.3 Å². The van der Waals surface area contributed by atoms with Crippen LogP contribution in [0.1, 0.15) is 17.0 Å². The predicted molar refractivity (Wildman–Crippen MR) is 96.0 cm³/mol. The number of amides is 2. The SMILES string of the molecule is Cc1ccc(NC(=O)N2CCN(Cc3cc(C)on3)CC2)c(Br)c1. The lowest BCUT2D eigenvalue weighted by atomic mass is 10.2. The molecule has 0 saturated carbocycles. The zero-order chi connectivity index (χ0) is 17.1. The molecule has 7 heteroatoms. The van der Waals surface area contributed by atoms with E-state index in [4.69, 9.17) is 4.52 Å². The monoisotopic (exact) mass is 392 g/mol. The lowest BCUT2D eigenvalue weighted by molar-refractivity contribution is 0.141. The van der Waals surface area contributed by atoms with Crippen molar-refractivity contribution in [3.63, 3.8) is 0 Å². The van der Waals surface area contributed by atoms with Crippen LogP contribution in [0, 0.1) is 13.8 Å². The van der Waals surface area contributed by atoms with Crippen molar-refractivity contribution in [2.45, 2.75) is 20.4 Å². The van der Waals surface area contributed by atoms with E-state index in [1.807, 2.05) is 43.0 Å². The molecule has 2 heterocycles. The Labute approximate surface area is 149 Å². The maximum absolute atomic E-state index is 12.4. The lowest BCUT2D eigenvalue weighted by Crippen LogP contribution is -2.49. The highest BCUT2D eigenvalue weighted by molar-refractivity contribution is 9.10. The van der Waals surface area contributed by atoms with E-state index < -0.39 is 0 Å². The van der Waals surface area contributed by atoms with Crippen LogP contribution in [-0.2, 0) is 6.54 Å². The molecule has 0 aliphatic carbocycles. The molecule has 1 saturated heterocycles. The third-order valence-electron chi connectivity index (χ3n) is 4.09. The molecule has 1 fully saturated rings. The summed E-state index contributed by atoms with van der Waals surface area (Å²) in [6.45, 7) is 7.73. The minimum atomic E-state index is -0.0588. The van der Waals surface area contributed by atoms with E-state index in [0.717, 1.165) is 46.8 Å². The van der Waals surface area contributed by atoms with Gasteiger partial charge in [-0.25, -0.2) is 4.79 Å². The predicted octanol–water partition coefficient (Wildman–Crippen LogP) is 3.40. The van der Waals surface area contributed by atoms with E-state index in [9.17, 15) is 4.79 Å². The van der Waals surface area contributed by atoms with E-state index in [1.54, 1.807) is 0 Å². The van der Waals surface area contributed by atoms with Gasteiger partial charge in [-0.15, -0.1) is 0 Å². The van der Waals surface area contributed by atoms with Gasteiger partial charge in [0, 0.05) is 43.3 Å². The highest BCUT2D eigenvalue weighted by atomic mass is 79.9. The summed E-state index contributed by atoms with van der Waals surface area (Å²) in [5, 5.41) is 6.99. The molecular weight excluding hydrogens is 372 g/mol. The molecular formula is C17H21BrN4O2. The summed E-state index contributed by atoms with van der Waals surface area (Å²) in [4.78, 5) is 16.5. The van der Waals surface area contributed by atoms with Crippen molar-refractivity contribution in [2.24, 2.45) is 0 Å². The molecule has 1 aliphatic heterocycles. The van der Waals surface area contributed by atoms with Crippen molar-refractivity contribution >= 4 is 27.6 Å². The molecule has 1 aliphatic rings. The summed E-state index contributed by atoms with van der Waals surface area (Å²) in [5.74, 6) is 0.826. The Morgan fingerprint density at radius 3 is 2.62 bits per heavy atom. The zero-order valence-electron chi connectivity index (χ0n) is 13.9. The number of rotatable bonds is 3. The molecule has 1 aromatic heterocycles. The highest BCUT2D eigenvalue weighted by Gasteiger charge is 2.22. The maximum atomic E-state index is 12.4. The van der Waals surface area contributed by atoms with Crippen LogP contribution in [-0.4, -0.2) is 47.2 Å². The number of benzene rings is 1. The third kappa shape index (κ3) is 4.15. The number of aromatic nitrogens is 1. The van der Waals surface area contributed by atoms with Gasteiger partial charge in [0.1, 0.15) is 5.76 Å². The van der Waals surface area contributed by atoms with Crippen molar-refractivity contribution in [3.8, 4) is 0 Å². The first-order valence-corrected chi connectivity index (χ1v) is 8.77. The van der Waals surface area contributed by atoms with Gasteiger partial charge in [0.25, 0.3) is 0 Å². The van der Waals surface area contributed by atoms with Crippen LogP contribution in [0.25, 0.3) is 0 Å². The first-order chi connectivity index (χ1) is 11.5.